The molecular formula is C26H24FN3O2. The van der Waals surface area contributed by atoms with Gasteiger partial charge in [-0.15, -0.1) is 0 Å². The number of carbonyl (C=O) groups excluding carboxylic acids is 1. The van der Waals surface area contributed by atoms with Crippen LogP contribution in [0.5, 0.6) is 0 Å². The number of amidine groups is 1. The first-order chi connectivity index (χ1) is 15.2. The van der Waals surface area contributed by atoms with Crippen molar-refractivity contribution in [2.45, 2.75) is 38.3 Å². The van der Waals surface area contributed by atoms with E-state index in [1.165, 1.54) is 0 Å². The molecule has 3 aromatic carbocycles. The van der Waals surface area contributed by atoms with E-state index in [9.17, 15) is 9.18 Å². The van der Waals surface area contributed by atoms with Gasteiger partial charge in [0.1, 0.15) is 23.7 Å². The van der Waals surface area contributed by atoms with Crippen LogP contribution in [0.15, 0.2) is 60.7 Å². The molecule has 0 radical (unpaired) electrons. The number of hydrogen-bond donors (Lipinski definition) is 3. The Morgan fingerprint density at radius 2 is 1.56 bits per heavy atom. The van der Waals surface area contributed by atoms with Crippen LogP contribution in [-0.4, -0.2) is 11.7 Å². The van der Waals surface area contributed by atoms with E-state index in [4.69, 9.17) is 15.9 Å². The summed E-state index contributed by atoms with van der Waals surface area (Å²) in [5.41, 5.74) is 10.9. The predicted molar refractivity (Wildman–Crippen MR) is 120 cm³/mol. The van der Waals surface area contributed by atoms with Gasteiger partial charge in [-0.25, -0.2) is 4.39 Å². The predicted octanol–water partition coefficient (Wildman–Crippen LogP) is 4.63. The molecule has 1 amide bonds. The molecule has 2 bridgehead atoms. The van der Waals surface area contributed by atoms with E-state index >= 15 is 0 Å². The van der Waals surface area contributed by atoms with Crippen molar-refractivity contribution in [3.63, 3.8) is 0 Å². The number of halogens is 1. The molecule has 0 spiro atoms. The molecule has 2 aliphatic rings. The Morgan fingerprint density at radius 1 is 0.969 bits per heavy atom. The van der Waals surface area contributed by atoms with Gasteiger partial charge in [-0.2, -0.15) is 0 Å². The molecule has 2 aliphatic heterocycles. The number of fused-ring (bicyclic) bond motifs is 8. The van der Waals surface area contributed by atoms with Gasteiger partial charge in [0.05, 0.1) is 0 Å². The summed E-state index contributed by atoms with van der Waals surface area (Å²) in [5, 5.41) is 10.4. The fraction of sp³-hybridized carbons (Fsp3) is 0.231. The second-order valence-electron chi connectivity index (χ2n) is 8.85. The second kappa shape index (κ2) is 7.28. The van der Waals surface area contributed by atoms with Gasteiger partial charge in [-0.3, -0.25) is 10.2 Å². The number of carbonyl (C=O) groups is 1. The van der Waals surface area contributed by atoms with Crippen molar-refractivity contribution >= 4 is 11.7 Å². The molecule has 0 saturated carbocycles. The van der Waals surface area contributed by atoms with E-state index in [2.05, 4.69) is 5.32 Å². The standard InChI is InChI=1S/C26H24FN3O2/c1-26(2,27)17-8-10-19-21(12-17)23-20-11-16(7-9-18(20)22(19)32-23)25(31)30-13-14-3-5-15(6-4-14)24(28)29/h3-12,22-23H,13H2,1-2H3,(H3,28,29)(H,30,31). The van der Waals surface area contributed by atoms with E-state index in [1.807, 2.05) is 48.5 Å². The number of benzene rings is 3. The third kappa shape index (κ3) is 3.37. The first-order valence-corrected chi connectivity index (χ1v) is 10.6. The third-order valence-electron chi connectivity index (χ3n) is 6.24. The zero-order valence-electron chi connectivity index (χ0n) is 17.9. The van der Waals surface area contributed by atoms with E-state index in [0.29, 0.717) is 23.2 Å². The minimum absolute atomic E-state index is 0.0130. The van der Waals surface area contributed by atoms with Gasteiger partial charge in [0.2, 0.25) is 0 Å². The van der Waals surface area contributed by atoms with Gasteiger partial charge in [0.15, 0.2) is 0 Å². The van der Waals surface area contributed by atoms with E-state index in [-0.39, 0.29) is 24.0 Å². The van der Waals surface area contributed by atoms with Gasteiger partial charge in [-0.1, -0.05) is 42.5 Å². The smallest absolute Gasteiger partial charge is 0.251 e. The number of nitrogen functional groups attached to an aromatic ring is 1. The lowest BCUT2D eigenvalue weighted by Gasteiger charge is -2.20. The molecule has 0 aromatic heterocycles. The van der Waals surface area contributed by atoms with Crippen molar-refractivity contribution in [1.82, 2.24) is 5.32 Å². The molecule has 2 unspecified atom stereocenters. The molecule has 2 atom stereocenters. The minimum atomic E-state index is -1.43. The fourth-order valence-electron chi connectivity index (χ4n) is 4.44. The van der Waals surface area contributed by atoms with Crippen molar-refractivity contribution < 1.29 is 13.9 Å². The van der Waals surface area contributed by atoms with Crippen molar-refractivity contribution in [3.05, 3.63) is 105 Å². The van der Waals surface area contributed by atoms with Gasteiger partial charge in [-0.05, 0) is 65.4 Å². The second-order valence-corrected chi connectivity index (χ2v) is 8.85. The van der Waals surface area contributed by atoms with Gasteiger partial charge < -0.3 is 15.8 Å². The van der Waals surface area contributed by atoms with Crippen LogP contribution in [0.4, 0.5) is 4.39 Å². The number of nitrogens with two attached hydrogens (primary N) is 1. The van der Waals surface area contributed by atoms with E-state index in [0.717, 1.165) is 27.8 Å². The highest BCUT2D eigenvalue weighted by Crippen LogP contribution is 2.54. The van der Waals surface area contributed by atoms with E-state index in [1.54, 1.807) is 26.0 Å². The normalized spacial score (nSPS) is 18.2. The molecule has 5 nitrogen and oxygen atoms in total. The Bertz CT molecular complexity index is 1240. The molecule has 32 heavy (non-hydrogen) atoms. The summed E-state index contributed by atoms with van der Waals surface area (Å²) in [6.07, 6.45) is -0.446. The van der Waals surface area contributed by atoms with Crippen LogP contribution in [0.25, 0.3) is 0 Å². The fourth-order valence-corrected chi connectivity index (χ4v) is 4.44. The largest absolute Gasteiger partial charge is 0.384 e. The van der Waals surface area contributed by atoms with Crippen LogP contribution in [-0.2, 0) is 17.0 Å². The first kappa shape index (κ1) is 20.4. The monoisotopic (exact) mass is 429 g/mol. The van der Waals surface area contributed by atoms with E-state index < -0.39 is 5.67 Å². The van der Waals surface area contributed by atoms with Crippen LogP contribution in [0.2, 0.25) is 0 Å². The SMILES string of the molecule is CC(C)(F)c1ccc2c(c1)C1OC2c2ccc(C(=O)NCc3ccc(C(=N)N)cc3)cc21. The average Bonchev–Trinajstić information content (AvgIpc) is 3.34. The number of ether oxygens (including phenoxy) is 1. The maximum absolute atomic E-state index is 14.5. The number of rotatable bonds is 5. The maximum Gasteiger partial charge on any atom is 0.251 e. The van der Waals surface area contributed by atoms with Crippen molar-refractivity contribution in [2.24, 2.45) is 5.73 Å². The van der Waals surface area contributed by atoms with Crippen LogP contribution < -0.4 is 11.1 Å². The van der Waals surface area contributed by atoms with Crippen LogP contribution in [0.1, 0.15) is 75.4 Å². The summed E-state index contributed by atoms with van der Waals surface area (Å²) >= 11 is 0. The van der Waals surface area contributed by atoms with Crippen LogP contribution in [0.3, 0.4) is 0 Å². The summed E-state index contributed by atoms with van der Waals surface area (Å²) in [6.45, 7) is 3.47. The number of amides is 1. The van der Waals surface area contributed by atoms with Gasteiger partial charge >= 0.3 is 0 Å². The zero-order valence-corrected chi connectivity index (χ0v) is 17.9. The summed E-state index contributed by atoms with van der Waals surface area (Å²) in [7, 11) is 0. The number of alkyl halides is 1. The molecule has 162 valence electrons. The van der Waals surface area contributed by atoms with Crippen LogP contribution in [0, 0.1) is 5.41 Å². The maximum atomic E-state index is 14.5. The highest BCUT2D eigenvalue weighted by molar-refractivity contribution is 5.95. The Kier molecular flexibility index (Phi) is 4.64. The lowest BCUT2D eigenvalue weighted by molar-refractivity contribution is 0.0856. The molecule has 6 heteroatoms. The highest BCUT2D eigenvalue weighted by Gasteiger charge is 2.43. The number of nitrogens with one attached hydrogen (secondary N) is 2. The van der Waals surface area contributed by atoms with Crippen LogP contribution >= 0.6 is 0 Å². The minimum Gasteiger partial charge on any atom is -0.384 e. The van der Waals surface area contributed by atoms with Gasteiger partial charge in [0, 0.05) is 17.7 Å². The molecule has 0 saturated heterocycles. The molecule has 0 fully saturated rings. The summed E-state index contributed by atoms with van der Waals surface area (Å²) in [6, 6.07) is 18.5. The Labute approximate surface area is 185 Å². The highest BCUT2D eigenvalue weighted by atomic mass is 19.1. The van der Waals surface area contributed by atoms with Crippen molar-refractivity contribution in [2.75, 3.05) is 0 Å². The Balaban J connectivity index is 1.35. The molecule has 3 aromatic rings. The summed E-state index contributed by atoms with van der Waals surface area (Å²) < 4.78 is 20.7. The molecule has 4 N–H and O–H groups in total. The summed E-state index contributed by atoms with van der Waals surface area (Å²) in [5.74, 6) is -0.163. The topological polar surface area (TPSA) is 88.2 Å². The first-order valence-electron chi connectivity index (χ1n) is 10.6. The quantitative estimate of drug-likeness (QED) is 0.408. The molecular weight excluding hydrogens is 405 g/mol. The Morgan fingerprint density at radius 3 is 2.22 bits per heavy atom. The number of hydrogen-bond acceptors (Lipinski definition) is 3. The van der Waals surface area contributed by atoms with Crippen molar-refractivity contribution in [1.29, 1.82) is 5.41 Å². The average molecular weight is 429 g/mol. The molecule has 5 rings (SSSR count). The molecule has 0 aliphatic carbocycles. The lowest BCUT2D eigenvalue weighted by atomic mass is 9.83. The van der Waals surface area contributed by atoms with Crippen molar-refractivity contribution in [3.8, 4) is 0 Å². The lowest BCUT2D eigenvalue weighted by Crippen LogP contribution is -2.23. The van der Waals surface area contributed by atoms with Gasteiger partial charge in [0.25, 0.3) is 5.91 Å². The Hall–Kier alpha value is -3.51. The summed E-state index contributed by atoms with van der Waals surface area (Å²) in [4.78, 5) is 12.8. The third-order valence-corrected chi connectivity index (χ3v) is 6.24. The molecule has 2 heterocycles. The zero-order chi connectivity index (χ0) is 22.6.